The van der Waals surface area contributed by atoms with Gasteiger partial charge in [-0.1, -0.05) is 26.0 Å². The maximum absolute atomic E-state index is 11.5. The van der Waals surface area contributed by atoms with Crippen LogP contribution in [0.4, 0.5) is 0 Å². The summed E-state index contributed by atoms with van der Waals surface area (Å²) in [6.45, 7) is 6.70. The van der Waals surface area contributed by atoms with E-state index in [0.717, 1.165) is 49.5 Å². The predicted octanol–water partition coefficient (Wildman–Crippen LogP) is 2.01. The zero-order chi connectivity index (χ0) is 20.1. The molecule has 0 unspecified atom stereocenters. The number of nitrogens with zero attached hydrogens (tertiary/aromatic N) is 5. The molecule has 2 heterocycles. The number of ether oxygens (including phenoxy) is 1. The Morgan fingerprint density at radius 2 is 1.93 bits per heavy atom. The van der Waals surface area contributed by atoms with Crippen LogP contribution in [0.3, 0.4) is 0 Å². The van der Waals surface area contributed by atoms with Crippen molar-refractivity contribution in [3.8, 4) is 5.75 Å². The van der Waals surface area contributed by atoms with Crippen molar-refractivity contribution >= 4 is 5.91 Å². The highest BCUT2D eigenvalue weighted by Gasteiger charge is 2.31. The summed E-state index contributed by atoms with van der Waals surface area (Å²) in [5.74, 6) is 2.00. The summed E-state index contributed by atoms with van der Waals surface area (Å²) < 4.78 is 7.11. The van der Waals surface area contributed by atoms with Gasteiger partial charge in [-0.05, 0) is 66.4 Å². The number of carbonyl (C=O) groups excluding carboxylic acids is 1. The number of primary amides is 1. The lowest BCUT2D eigenvalue weighted by Crippen LogP contribution is -2.41. The van der Waals surface area contributed by atoms with Gasteiger partial charge >= 0.3 is 0 Å². The van der Waals surface area contributed by atoms with Crippen molar-refractivity contribution in [2.75, 3.05) is 20.2 Å². The summed E-state index contributed by atoms with van der Waals surface area (Å²) in [5, 5.41) is 12.6. The zero-order valence-corrected chi connectivity index (χ0v) is 16.9. The second-order valence-corrected chi connectivity index (χ2v) is 7.90. The number of carbonyl (C=O) groups is 1. The number of nitrogens with two attached hydrogens (primary N) is 1. The van der Waals surface area contributed by atoms with E-state index in [9.17, 15) is 4.79 Å². The fourth-order valence-electron chi connectivity index (χ4n) is 3.83. The van der Waals surface area contributed by atoms with Crippen molar-refractivity contribution in [2.45, 2.75) is 45.7 Å². The third-order valence-corrected chi connectivity index (χ3v) is 5.42. The molecule has 152 valence electrons. The minimum atomic E-state index is -0.190. The van der Waals surface area contributed by atoms with Crippen molar-refractivity contribution in [1.82, 2.24) is 25.1 Å². The van der Waals surface area contributed by atoms with Gasteiger partial charge in [0, 0.05) is 5.92 Å². The summed E-state index contributed by atoms with van der Waals surface area (Å²) in [5.41, 5.74) is 6.61. The number of rotatable bonds is 8. The summed E-state index contributed by atoms with van der Waals surface area (Å²) in [6.07, 6.45) is 2.55. The predicted molar refractivity (Wildman–Crippen MR) is 106 cm³/mol. The van der Waals surface area contributed by atoms with Gasteiger partial charge in [-0.25, -0.2) is 4.68 Å². The van der Waals surface area contributed by atoms with Gasteiger partial charge in [0.05, 0.1) is 19.7 Å². The summed E-state index contributed by atoms with van der Waals surface area (Å²) in [6, 6.07) is 8.07. The van der Waals surface area contributed by atoms with Crippen molar-refractivity contribution in [3.05, 3.63) is 35.7 Å². The first-order valence-electron chi connectivity index (χ1n) is 9.90. The quantitative estimate of drug-likeness (QED) is 0.745. The highest BCUT2D eigenvalue weighted by molar-refractivity contribution is 5.76. The second kappa shape index (κ2) is 9.14. The molecule has 1 aliphatic rings. The third-order valence-electron chi connectivity index (χ3n) is 5.42. The molecular formula is C20H30N6O2. The van der Waals surface area contributed by atoms with Gasteiger partial charge in [0.15, 0.2) is 5.82 Å². The van der Waals surface area contributed by atoms with E-state index in [0.29, 0.717) is 12.5 Å². The number of likely N-dealkylation sites (tertiary alicyclic amines) is 1. The average Bonchev–Trinajstić information content (AvgIpc) is 3.14. The standard InChI is InChI=1S/C20H30N6O2/c1-14(2)12-18(25-10-8-16(9-11-25)19(21)27)20-22-23-24-26(20)13-15-4-6-17(28-3)7-5-15/h4-7,14,16,18H,8-13H2,1-3H3,(H2,21,27)/t18-/m1/s1. The van der Waals surface area contributed by atoms with Gasteiger partial charge in [0.25, 0.3) is 0 Å². The first kappa shape index (κ1) is 20.3. The van der Waals surface area contributed by atoms with E-state index in [-0.39, 0.29) is 17.9 Å². The fourth-order valence-corrected chi connectivity index (χ4v) is 3.83. The first-order valence-corrected chi connectivity index (χ1v) is 9.90. The lowest BCUT2D eigenvalue weighted by Gasteiger charge is -2.36. The third kappa shape index (κ3) is 4.86. The molecule has 8 heteroatoms. The number of aromatic nitrogens is 4. The summed E-state index contributed by atoms with van der Waals surface area (Å²) >= 11 is 0. The lowest BCUT2D eigenvalue weighted by atomic mass is 9.93. The van der Waals surface area contributed by atoms with Gasteiger partial charge in [-0.3, -0.25) is 9.69 Å². The van der Waals surface area contributed by atoms with Crippen molar-refractivity contribution in [3.63, 3.8) is 0 Å². The van der Waals surface area contributed by atoms with E-state index in [4.69, 9.17) is 10.5 Å². The number of amides is 1. The van der Waals surface area contributed by atoms with Crippen LogP contribution >= 0.6 is 0 Å². The van der Waals surface area contributed by atoms with E-state index in [2.05, 4.69) is 34.3 Å². The van der Waals surface area contributed by atoms with Crippen molar-refractivity contribution < 1.29 is 9.53 Å². The van der Waals surface area contributed by atoms with E-state index >= 15 is 0 Å². The van der Waals surface area contributed by atoms with Crippen LogP contribution in [0.2, 0.25) is 0 Å². The highest BCUT2D eigenvalue weighted by atomic mass is 16.5. The highest BCUT2D eigenvalue weighted by Crippen LogP contribution is 2.30. The van der Waals surface area contributed by atoms with Gasteiger partial charge in [-0.2, -0.15) is 0 Å². The lowest BCUT2D eigenvalue weighted by molar-refractivity contribution is -0.123. The van der Waals surface area contributed by atoms with Crippen molar-refractivity contribution in [1.29, 1.82) is 0 Å². The smallest absolute Gasteiger partial charge is 0.220 e. The normalized spacial score (nSPS) is 17.0. The van der Waals surface area contributed by atoms with Crippen LogP contribution in [0.1, 0.15) is 50.5 Å². The Kier molecular flexibility index (Phi) is 6.61. The van der Waals surface area contributed by atoms with Gasteiger partial charge < -0.3 is 10.5 Å². The molecule has 1 amide bonds. The maximum Gasteiger partial charge on any atom is 0.220 e. The Labute approximate surface area is 166 Å². The number of piperidine rings is 1. The molecule has 0 aliphatic carbocycles. The molecular weight excluding hydrogens is 356 g/mol. The first-order chi connectivity index (χ1) is 13.5. The Morgan fingerprint density at radius 3 is 2.50 bits per heavy atom. The van der Waals surface area contributed by atoms with E-state index < -0.39 is 0 Å². The number of tetrazole rings is 1. The van der Waals surface area contributed by atoms with E-state index in [1.165, 1.54) is 0 Å². The van der Waals surface area contributed by atoms with Crippen LogP contribution in [-0.2, 0) is 11.3 Å². The van der Waals surface area contributed by atoms with Gasteiger partial charge in [0.1, 0.15) is 5.75 Å². The van der Waals surface area contributed by atoms with Crippen LogP contribution in [0, 0.1) is 11.8 Å². The summed E-state index contributed by atoms with van der Waals surface area (Å²) in [7, 11) is 1.66. The minimum Gasteiger partial charge on any atom is -0.497 e. The molecule has 0 radical (unpaired) electrons. The van der Waals surface area contributed by atoms with Crippen LogP contribution in [0.15, 0.2) is 24.3 Å². The Hall–Kier alpha value is -2.48. The Morgan fingerprint density at radius 1 is 1.25 bits per heavy atom. The monoisotopic (exact) mass is 386 g/mol. The van der Waals surface area contributed by atoms with Gasteiger partial charge in [0.2, 0.25) is 5.91 Å². The van der Waals surface area contributed by atoms with Crippen LogP contribution < -0.4 is 10.5 Å². The maximum atomic E-state index is 11.5. The number of hydrogen-bond acceptors (Lipinski definition) is 6. The molecule has 0 spiro atoms. The molecule has 2 N–H and O–H groups in total. The molecule has 1 fully saturated rings. The van der Waals surface area contributed by atoms with Crippen molar-refractivity contribution in [2.24, 2.45) is 17.6 Å². The van der Waals surface area contributed by atoms with Crippen LogP contribution in [0.25, 0.3) is 0 Å². The topological polar surface area (TPSA) is 99.2 Å². The molecule has 28 heavy (non-hydrogen) atoms. The second-order valence-electron chi connectivity index (χ2n) is 7.90. The number of methoxy groups -OCH3 is 1. The fraction of sp³-hybridized carbons (Fsp3) is 0.600. The Balaban J connectivity index is 1.77. The molecule has 1 saturated heterocycles. The number of benzene rings is 1. The average molecular weight is 387 g/mol. The molecule has 8 nitrogen and oxygen atoms in total. The Bertz CT molecular complexity index is 765. The van der Waals surface area contributed by atoms with Gasteiger partial charge in [-0.15, -0.1) is 5.10 Å². The molecule has 1 atom stereocenters. The molecule has 1 aromatic heterocycles. The molecule has 0 saturated carbocycles. The molecule has 1 aromatic carbocycles. The molecule has 1 aliphatic heterocycles. The van der Waals surface area contributed by atoms with E-state index in [1.807, 2.05) is 28.9 Å². The molecule has 2 aromatic rings. The summed E-state index contributed by atoms with van der Waals surface area (Å²) in [4.78, 5) is 13.9. The largest absolute Gasteiger partial charge is 0.497 e. The SMILES string of the molecule is COc1ccc(Cn2nnnc2[C@@H](CC(C)C)N2CCC(C(N)=O)CC2)cc1. The molecule has 3 rings (SSSR count). The minimum absolute atomic E-state index is 0.0220. The van der Waals surface area contributed by atoms with Crippen LogP contribution in [0.5, 0.6) is 5.75 Å². The van der Waals surface area contributed by atoms with Crippen LogP contribution in [-0.4, -0.2) is 51.2 Å². The van der Waals surface area contributed by atoms with E-state index in [1.54, 1.807) is 7.11 Å². The number of hydrogen-bond donors (Lipinski definition) is 1. The molecule has 0 bridgehead atoms. The zero-order valence-electron chi connectivity index (χ0n) is 16.9.